The molecule has 3 aliphatic rings. The van der Waals surface area contributed by atoms with Gasteiger partial charge in [-0.1, -0.05) is 53.7 Å². The van der Waals surface area contributed by atoms with Gasteiger partial charge < -0.3 is 9.42 Å². The van der Waals surface area contributed by atoms with E-state index in [2.05, 4.69) is 5.16 Å². The Morgan fingerprint density at radius 3 is 2.54 bits per heavy atom. The van der Waals surface area contributed by atoms with E-state index in [9.17, 15) is 19.7 Å². The van der Waals surface area contributed by atoms with E-state index in [4.69, 9.17) is 4.52 Å². The second-order valence-electron chi connectivity index (χ2n) is 9.04. The fourth-order valence-electron chi connectivity index (χ4n) is 6.22. The van der Waals surface area contributed by atoms with E-state index < -0.39 is 22.4 Å². The standard InChI is InChI=1S/C25H23N5O5/c1-3-27-18-12-8-7-11-17(18)25(24(27)32)22(16-9-5-4-6-10-16)28-14-13-19(31)29(28)23(25)21-20(30(33)34)15(2)26-35-21/h4-12,22-23H,3,13-14H2,1-2H3. The molecule has 1 spiro atoms. The molecule has 4 heterocycles. The molecule has 0 saturated carbocycles. The molecule has 2 fully saturated rings. The molecule has 10 heteroatoms. The first-order chi connectivity index (χ1) is 16.9. The summed E-state index contributed by atoms with van der Waals surface area (Å²) >= 11 is 0. The van der Waals surface area contributed by atoms with Crippen molar-refractivity contribution in [1.82, 2.24) is 15.2 Å². The third kappa shape index (κ3) is 2.60. The molecule has 2 aromatic carbocycles. The summed E-state index contributed by atoms with van der Waals surface area (Å²) in [4.78, 5) is 41.2. The lowest BCUT2D eigenvalue weighted by Gasteiger charge is -2.34. The van der Waals surface area contributed by atoms with Crippen molar-refractivity contribution in [3.05, 3.63) is 87.3 Å². The van der Waals surface area contributed by atoms with Crippen molar-refractivity contribution in [2.45, 2.75) is 37.8 Å². The van der Waals surface area contributed by atoms with Gasteiger partial charge in [-0.2, -0.15) is 0 Å². The molecule has 1 aromatic heterocycles. The number of fused-ring (bicyclic) bond motifs is 3. The van der Waals surface area contributed by atoms with Crippen molar-refractivity contribution in [1.29, 1.82) is 0 Å². The minimum atomic E-state index is -1.36. The molecule has 0 radical (unpaired) electrons. The van der Waals surface area contributed by atoms with Crippen molar-refractivity contribution in [2.75, 3.05) is 18.0 Å². The van der Waals surface area contributed by atoms with Crippen molar-refractivity contribution >= 4 is 23.2 Å². The summed E-state index contributed by atoms with van der Waals surface area (Å²) < 4.78 is 5.62. The van der Waals surface area contributed by atoms with Crippen LogP contribution in [-0.2, 0) is 15.0 Å². The Hall–Kier alpha value is -4.05. The zero-order valence-corrected chi connectivity index (χ0v) is 19.2. The van der Waals surface area contributed by atoms with Gasteiger partial charge in [-0.05, 0) is 31.0 Å². The first kappa shape index (κ1) is 21.5. The lowest BCUT2D eigenvalue weighted by atomic mass is 9.67. The fraction of sp³-hybridized carbons (Fsp3) is 0.320. The van der Waals surface area contributed by atoms with Gasteiger partial charge in [-0.25, -0.2) is 5.01 Å². The number of likely N-dealkylation sites (N-methyl/N-ethyl adjacent to an activating group) is 1. The van der Waals surface area contributed by atoms with Crippen molar-refractivity contribution in [3.8, 4) is 0 Å². The van der Waals surface area contributed by atoms with E-state index in [-0.39, 0.29) is 35.4 Å². The number of aromatic nitrogens is 1. The molecule has 2 amide bonds. The normalized spacial score (nSPS) is 25.5. The van der Waals surface area contributed by atoms with Gasteiger partial charge in [0.1, 0.15) is 11.5 Å². The van der Waals surface area contributed by atoms with Gasteiger partial charge in [-0.15, -0.1) is 0 Å². The minimum absolute atomic E-state index is 0.0766. The van der Waals surface area contributed by atoms with Crippen LogP contribution in [0.4, 0.5) is 11.4 Å². The molecule has 3 aromatic rings. The number of carbonyl (C=O) groups excluding carboxylic acids is 2. The van der Waals surface area contributed by atoms with E-state index in [0.717, 1.165) is 16.8 Å². The van der Waals surface area contributed by atoms with Gasteiger partial charge in [0.25, 0.3) is 0 Å². The average molecular weight is 473 g/mol. The molecule has 0 aliphatic carbocycles. The monoisotopic (exact) mass is 473 g/mol. The Morgan fingerprint density at radius 2 is 1.83 bits per heavy atom. The van der Waals surface area contributed by atoms with E-state index in [0.29, 0.717) is 13.1 Å². The average Bonchev–Trinajstić information content (AvgIpc) is 3.56. The molecule has 0 N–H and O–H groups in total. The van der Waals surface area contributed by atoms with Gasteiger partial charge in [-0.3, -0.25) is 24.7 Å². The predicted molar refractivity (Wildman–Crippen MR) is 124 cm³/mol. The van der Waals surface area contributed by atoms with Crippen molar-refractivity contribution in [2.24, 2.45) is 0 Å². The maximum Gasteiger partial charge on any atom is 0.336 e. The first-order valence-corrected chi connectivity index (χ1v) is 11.6. The summed E-state index contributed by atoms with van der Waals surface area (Å²) in [6.45, 7) is 4.19. The lowest BCUT2D eigenvalue weighted by Crippen LogP contribution is -2.48. The summed E-state index contributed by atoms with van der Waals surface area (Å²) in [5, 5.41) is 19.4. The number of para-hydroxylation sites is 1. The molecule has 3 unspecified atom stereocenters. The number of carbonyl (C=O) groups is 2. The quantitative estimate of drug-likeness (QED) is 0.421. The molecule has 6 rings (SSSR count). The van der Waals surface area contributed by atoms with Crippen molar-refractivity contribution < 1.29 is 19.0 Å². The van der Waals surface area contributed by atoms with Crippen LogP contribution in [0, 0.1) is 17.0 Å². The molecule has 0 bridgehead atoms. The Morgan fingerprint density at radius 1 is 1.11 bits per heavy atom. The number of hydrogen-bond donors (Lipinski definition) is 0. The lowest BCUT2D eigenvalue weighted by molar-refractivity contribution is -0.387. The Kier molecular flexibility index (Phi) is 4.59. The van der Waals surface area contributed by atoms with Gasteiger partial charge in [0.05, 0.1) is 11.0 Å². The number of nitro groups is 1. The second-order valence-corrected chi connectivity index (χ2v) is 9.04. The van der Waals surface area contributed by atoms with Crippen LogP contribution >= 0.6 is 0 Å². The van der Waals surface area contributed by atoms with Crippen LogP contribution in [-0.4, -0.2) is 45.0 Å². The number of nitrogens with zero attached hydrogens (tertiary/aromatic N) is 5. The number of benzene rings is 2. The predicted octanol–water partition coefficient (Wildman–Crippen LogP) is 3.44. The minimum Gasteiger partial charge on any atom is -0.351 e. The Balaban J connectivity index is 1.73. The molecule has 35 heavy (non-hydrogen) atoms. The van der Waals surface area contributed by atoms with Gasteiger partial charge >= 0.3 is 5.69 Å². The van der Waals surface area contributed by atoms with Crippen LogP contribution in [0.2, 0.25) is 0 Å². The summed E-state index contributed by atoms with van der Waals surface area (Å²) in [5.74, 6) is -0.505. The second kappa shape index (κ2) is 7.47. The largest absolute Gasteiger partial charge is 0.351 e. The van der Waals surface area contributed by atoms with E-state index in [1.54, 1.807) is 4.90 Å². The van der Waals surface area contributed by atoms with Gasteiger partial charge in [0.2, 0.25) is 17.6 Å². The van der Waals surface area contributed by atoms with Crippen LogP contribution in [0.5, 0.6) is 0 Å². The van der Waals surface area contributed by atoms with Gasteiger partial charge in [0, 0.05) is 25.2 Å². The summed E-state index contributed by atoms with van der Waals surface area (Å²) in [7, 11) is 0. The number of hydrazine groups is 1. The third-order valence-corrected chi connectivity index (χ3v) is 7.45. The first-order valence-electron chi connectivity index (χ1n) is 11.6. The number of hydrogen-bond acceptors (Lipinski definition) is 7. The summed E-state index contributed by atoms with van der Waals surface area (Å²) in [5.41, 5.74) is 0.738. The molecule has 2 saturated heterocycles. The topological polar surface area (TPSA) is 113 Å². The highest BCUT2D eigenvalue weighted by Crippen LogP contribution is 2.65. The molecular formula is C25H23N5O5. The van der Waals surface area contributed by atoms with Crippen LogP contribution in [0.3, 0.4) is 0 Å². The zero-order valence-electron chi connectivity index (χ0n) is 19.2. The van der Waals surface area contributed by atoms with E-state index in [1.807, 2.05) is 66.5 Å². The fourth-order valence-corrected chi connectivity index (χ4v) is 6.22. The van der Waals surface area contributed by atoms with Crippen LogP contribution < -0.4 is 4.90 Å². The van der Waals surface area contributed by atoms with E-state index in [1.165, 1.54) is 11.9 Å². The van der Waals surface area contributed by atoms with Crippen molar-refractivity contribution in [3.63, 3.8) is 0 Å². The molecule has 3 atom stereocenters. The number of aryl methyl sites for hydroxylation is 1. The highest BCUT2D eigenvalue weighted by Gasteiger charge is 2.72. The highest BCUT2D eigenvalue weighted by atomic mass is 16.6. The molecule has 10 nitrogen and oxygen atoms in total. The number of amides is 2. The molecule has 3 aliphatic heterocycles. The number of anilines is 1. The van der Waals surface area contributed by atoms with Gasteiger partial charge in [0.15, 0.2) is 5.69 Å². The van der Waals surface area contributed by atoms with Crippen LogP contribution in [0.25, 0.3) is 0 Å². The van der Waals surface area contributed by atoms with Crippen LogP contribution in [0.15, 0.2) is 59.1 Å². The summed E-state index contributed by atoms with van der Waals surface area (Å²) in [6.07, 6.45) is 0.240. The molecule has 178 valence electrons. The van der Waals surface area contributed by atoms with E-state index >= 15 is 0 Å². The number of rotatable bonds is 4. The van der Waals surface area contributed by atoms with Crippen LogP contribution in [0.1, 0.15) is 48.0 Å². The maximum absolute atomic E-state index is 14.5. The Labute approximate surface area is 200 Å². The SMILES string of the molecule is CCN1C(=O)C2(c3ccccc31)C(c1ccccc1)N1CCC(=O)N1C2c1onc(C)c1[N+](=O)[O-]. The Bertz CT molecular complexity index is 1370. The third-order valence-electron chi connectivity index (χ3n) is 7.45. The molecular weight excluding hydrogens is 450 g/mol. The maximum atomic E-state index is 14.5. The summed E-state index contributed by atoms with van der Waals surface area (Å²) in [6, 6.07) is 15.4. The highest BCUT2D eigenvalue weighted by molar-refractivity contribution is 6.10. The zero-order chi connectivity index (χ0) is 24.5. The smallest absolute Gasteiger partial charge is 0.336 e.